The Morgan fingerprint density at radius 3 is 2.64 bits per heavy atom. The molecule has 8 heteroatoms. The van der Waals surface area contributed by atoms with Crippen LogP contribution in [0.5, 0.6) is 5.75 Å². The molecule has 2 aliphatic rings. The van der Waals surface area contributed by atoms with Crippen molar-refractivity contribution in [1.82, 2.24) is 5.32 Å². The van der Waals surface area contributed by atoms with E-state index in [0.29, 0.717) is 37.4 Å². The second kappa shape index (κ2) is 8.27. The van der Waals surface area contributed by atoms with Crippen molar-refractivity contribution in [3.63, 3.8) is 0 Å². The zero-order valence-electron chi connectivity index (χ0n) is 16.9. The number of hydrogen-bond donors (Lipinski definition) is 2. The maximum atomic E-state index is 12.9. The second-order valence-electron chi connectivity index (χ2n) is 7.82. The van der Waals surface area contributed by atoms with Crippen LogP contribution in [0.4, 0.5) is 5.69 Å². The highest BCUT2D eigenvalue weighted by molar-refractivity contribution is 6.03. The molecule has 156 valence electrons. The van der Waals surface area contributed by atoms with Crippen molar-refractivity contribution >= 4 is 29.9 Å². The number of ether oxygens (including phenoxy) is 2. The molecule has 3 atom stereocenters. The molecule has 0 aromatic heterocycles. The lowest BCUT2D eigenvalue weighted by Gasteiger charge is -2.57. The number of carbonyl (C=O) groups excluding carboxylic acids is 2. The van der Waals surface area contributed by atoms with Gasteiger partial charge in [0.05, 0.1) is 18.9 Å². The Labute approximate surface area is 172 Å². The van der Waals surface area contributed by atoms with Crippen LogP contribution in [0.2, 0.25) is 0 Å². The van der Waals surface area contributed by atoms with Crippen LogP contribution in [-0.4, -0.2) is 49.8 Å². The molecule has 3 unspecified atom stereocenters. The van der Waals surface area contributed by atoms with E-state index in [9.17, 15) is 9.59 Å². The van der Waals surface area contributed by atoms with Gasteiger partial charge in [-0.15, -0.1) is 12.4 Å². The third-order valence-electron chi connectivity index (χ3n) is 6.12. The van der Waals surface area contributed by atoms with Crippen molar-refractivity contribution in [2.75, 3.05) is 25.2 Å². The number of rotatable bonds is 6. The number of hydrogen-bond acceptors (Lipinski definition) is 5. The smallest absolute Gasteiger partial charge is 0.249 e. The van der Waals surface area contributed by atoms with Crippen LogP contribution in [-0.2, 0) is 14.3 Å². The molecule has 1 aromatic carbocycles. The zero-order chi connectivity index (χ0) is 19.8. The van der Waals surface area contributed by atoms with E-state index >= 15 is 0 Å². The first-order chi connectivity index (χ1) is 12.8. The highest BCUT2D eigenvalue weighted by Crippen LogP contribution is 2.50. The number of para-hydroxylation sites is 2. The number of halogens is 1. The van der Waals surface area contributed by atoms with Crippen LogP contribution in [0, 0.1) is 5.41 Å². The number of nitrogens with zero attached hydrogens (tertiary/aromatic N) is 1. The highest BCUT2D eigenvalue weighted by Gasteiger charge is 2.63. The number of benzene rings is 1. The van der Waals surface area contributed by atoms with Gasteiger partial charge in [0.25, 0.3) is 0 Å². The minimum Gasteiger partial charge on any atom is -0.495 e. The molecule has 7 nitrogen and oxygen atoms in total. The molecule has 3 N–H and O–H groups in total. The molecule has 0 radical (unpaired) electrons. The van der Waals surface area contributed by atoms with Crippen LogP contribution in [0.15, 0.2) is 24.3 Å². The maximum absolute atomic E-state index is 12.9. The molecule has 3 rings (SSSR count). The van der Waals surface area contributed by atoms with Crippen LogP contribution in [0.1, 0.15) is 33.6 Å². The predicted octanol–water partition coefficient (Wildman–Crippen LogP) is 1.87. The number of anilines is 1. The summed E-state index contributed by atoms with van der Waals surface area (Å²) in [6, 6.07) is 6.79. The molecule has 1 saturated carbocycles. The van der Waals surface area contributed by atoms with Gasteiger partial charge in [0.2, 0.25) is 11.8 Å². The van der Waals surface area contributed by atoms with Gasteiger partial charge in [-0.25, -0.2) is 0 Å². The fraction of sp³-hybridized carbons (Fsp3) is 0.600. The summed E-state index contributed by atoms with van der Waals surface area (Å²) >= 11 is 0. The van der Waals surface area contributed by atoms with Crippen LogP contribution < -0.4 is 20.7 Å². The Balaban J connectivity index is 0.00000280. The fourth-order valence-corrected chi connectivity index (χ4v) is 4.01. The highest BCUT2D eigenvalue weighted by atomic mass is 35.5. The van der Waals surface area contributed by atoms with E-state index in [4.69, 9.17) is 15.2 Å². The molecule has 0 bridgehead atoms. The first kappa shape index (κ1) is 22.5. The average molecular weight is 412 g/mol. The van der Waals surface area contributed by atoms with Gasteiger partial charge in [-0.2, -0.15) is 0 Å². The molecule has 1 heterocycles. The van der Waals surface area contributed by atoms with Gasteiger partial charge < -0.3 is 25.4 Å². The lowest BCUT2D eigenvalue weighted by Crippen LogP contribution is -2.76. The SMILES string of the molecule is CCOC1CC(N)(C(=O)NC2CCN(c3ccccc3OC)C2=O)C1(C)C.Cl. The summed E-state index contributed by atoms with van der Waals surface area (Å²) < 4.78 is 11.0. The zero-order valence-corrected chi connectivity index (χ0v) is 17.7. The lowest BCUT2D eigenvalue weighted by molar-refractivity contribution is -0.171. The van der Waals surface area contributed by atoms with E-state index in [1.165, 1.54) is 0 Å². The van der Waals surface area contributed by atoms with E-state index in [0.717, 1.165) is 0 Å². The summed E-state index contributed by atoms with van der Waals surface area (Å²) in [4.78, 5) is 27.4. The molecular weight excluding hydrogens is 382 g/mol. The predicted molar refractivity (Wildman–Crippen MR) is 110 cm³/mol. The monoisotopic (exact) mass is 411 g/mol. The van der Waals surface area contributed by atoms with Crippen molar-refractivity contribution in [2.24, 2.45) is 11.1 Å². The van der Waals surface area contributed by atoms with Crippen LogP contribution >= 0.6 is 12.4 Å². The maximum Gasteiger partial charge on any atom is 0.249 e. The van der Waals surface area contributed by atoms with E-state index < -0.39 is 17.0 Å². The Kier molecular flexibility index (Phi) is 6.63. The van der Waals surface area contributed by atoms with Crippen molar-refractivity contribution in [3.05, 3.63) is 24.3 Å². The molecule has 2 fully saturated rings. The first-order valence-corrected chi connectivity index (χ1v) is 9.42. The fourth-order valence-electron chi connectivity index (χ4n) is 4.01. The summed E-state index contributed by atoms with van der Waals surface area (Å²) in [6.45, 7) is 6.91. The Hall–Kier alpha value is -1.83. The minimum atomic E-state index is -1.04. The van der Waals surface area contributed by atoms with Crippen molar-refractivity contribution < 1.29 is 19.1 Å². The number of nitrogens with two attached hydrogens (primary N) is 1. The lowest BCUT2D eigenvalue weighted by atomic mass is 9.54. The van der Waals surface area contributed by atoms with Gasteiger partial charge in [0, 0.05) is 25.0 Å². The Bertz CT molecular complexity index is 742. The van der Waals surface area contributed by atoms with E-state index in [1.807, 2.05) is 45.0 Å². The van der Waals surface area contributed by atoms with Crippen molar-refractivity contribution in [1.29, 1.82) is 0 Å². The standard InChI is InChI=1S/C20H29N3O4.ClH/c1-5-27-16-12-20(21,19(16,2)3)18(25)22-13-10-11-23(17(13)24)14-8-6-7-9-15(14)26-4;/h6-9,13,16H,5,10-12,21H2,1-4H3,(H,22,25);1H. The molecule has 0 spiro atoms. The minimum absolute atomic E-state index is 0. The summed E-state index contributed by atoms with van der Waals surface area (Å²) in [5.74, 6) is 0.200. The summed E-state index contributed by atoms with van der Waals surface area (Å²) in [5, 5.41) is 2.88. The van der Waals surface area contributed by atoms with Gasteiger partial charge >= 0.3 is 0 Å². The third kappa shape index (κ3) is 3.47. The molecular formula is C20H30ClN3O4. The largest absolute Gasteiger partial charge is 0.495 e. The topological polar surface area (TPSA) is 93.9 Å². The van der Waals surface area contributed by atoms with Crippen molar-refractivity contribution in [3.8, 4) is 5.75 Å². The van der Waals surface area contributed by atoms with Crippen molar-refractivity contribution in [2.45, 2.75) is 51.3 Å². The van der Waals surface area contributed by atoms with Gasteiger partial charge in [-0.1, -0.05) is 26.0 Å². The molecule has 28 heavy (non-hydrogen) atoms. The number of carbonyl (C=O) groups is 2. The summed E-state index contributed by atoms with van der Waals surface area (Å²) in [7, 11) is 1.57. The van der Waals surface area contributed by atoms with Crippen LogP contribution in [0.25, 0.3) is 0 Å². The summed E-state index contributed by atoms with van der Waals surface area (Å²) in [5.41, 5.74) is 5.61. The van der Waals surface area contributed by atoms with E-state index in [-0.39, 0.29) is 30.3 Å². The molecule has 1 aliphatic carbocycles. The van der Waals surface area contributed by atoms with E-state index in [2.05, 4.69) is 5.32 Å². The van der Waals surface area contributed by atoms with Crippen LogP contribution in [0.3, 0.4) is 0 Å². The van der Waals surface area contributed by atoms with Gasteiger partial charge in [0.1, 0.15) is 17.3 Å². The average Bonchev–Trinajstić information content (AvgIpc) is 3.01. The quantitative estimate of drug-likeness (QED) is 0.745. The van der Waals surface area contributed by atoms with Gasteiger partial charge in [-0.3, -0.25) is 9.59 Å². The van der Waals surface area contributed by atoms with Gasteiger partial charge in [-0.05, 0) is 25.5 Å². The molecule has 1 aromatic rings. The Morgan fingerprint density at radius 1 is 1.36 bits per heavy atom. The molecule has 1 aliphatic heterocycles. The molecule has 1 saturated heterocycles. The van der Waals surface area contributed by atoms with E-state index in [1.54, 1.807) is 12.0 Å². The molecule has 2 amide bonds. The normalized spacial score (nSPS) is 28.3. The number of methoxy groups -OCH3 is 1. The number of amides is 2. The third-order valence-corrected chi connectivity index (χ3v) is 6.12. The first-order valence-electron chi connectivity index (χ1n) is 9.42. The Morgan fingerprint density at radius 2 is 2.04 bits per heavy atom. The van der Waals surface area contributed by atoms with Gasteiger partial charge in [0.15, 0.2) is 0 Å². The number of nitrogens with one attached hydrogen (secondary N) is 1. The summed E-state index contributed by atoms with van der Waals surface area (Å²) in [6.07, 6.45) is 0.938. The second-order valence-corrected chi connectivity index (χ2v) is 7.82.